The van der Waals surface area contributed by atoms with E-state index in [0.29, 0.717) is 5.56 Å². The van der Waals surface area contributed by atoms with Crippen LogP contribution in [0.5, 0.6) is 0 Å². The van der Waals surface area contributed by atoms with Crippen molar-refractivity contribution in [1.29, 1.82) is 0 Å². The molecule has 0 aliphatic heterocycles. The summed E-state index contributed by atoms with van der Waals surface area (Å²) in [5, 5.41) is 0. The fraction of sp³-hybridized carbons (Fsp3) is 0.0909. The summed E-state index contributed by atoms with van der Waals surface area (Å²) in [6.45, 7) is 1.95. The van der Waals surface area contributed by atoms with Crippen molar-refractivity contribution in [2.24, 2.45) is 0 Å². The highest BCUT2D eigenvalue weighted by Crippen LogP contribution is 2.04. The summed E-state index contributed by atoms with van der Waals surface area (Å²) in [5.74, 6) is -0.177. The maximum atomic E-state index is 11.2. The van der Waals surface area contributed by atoms with Crippen LogP contribution in [0.2, 0.25) is 0 Å². The zero-order valence-corrected chi connectivity index (χ0v) is 7.28. The van der Waals surface area contributed by atoms with E-state index in [4.69, 9.17) is 0 Å². The van der Waals surface area contributed by atoms with Gasteiger partial charge in [-0.05, 0) is 19.1 Å². The molecule has 1 aromatic carbocycles. The lowest BCUT2D eigenvalue weighted by atomic mass is 10.1. The van der Waals surface area contributed by atoms with Gasteiger partial charge in [-0.3, -0.25) is 9.59 Å². The molecule has 0 bridgehead atoms. The first-order valence-corrected chi connectivity index (χ1v) is 3.89. The summed E-state index contributed by atoms with van der Waals surface area (Å²) in [5.41, 5.74) is 1.68. The van der Waals surface area contributed by atoms with Gasteiger partial charge >= 0.3 is 0 Å². The fourth-order valence-electron chi connectivity index (χ4n) is 0.924. The monoisotopic (exact) mass is 173 g/mol. The van der Waals surface area contributed by atoms with E-state index in [1.807, 2.05) is 19.1 Å². The van der Waals surface area contributed by atoms with Crippen molar-refractivity contribution < 1.29 is 9.59 Å². The number of hydrogen-bond donors (Lipinski definition) is 0. The van der Waals surface area contributed by atoms with E-state index >= 15 is 0 Å². The van der Waals surface area contributed by atoms with Crippen LogP contribution in [0.4, 0.5) is 0 Å². The van der Waals surface area contributed by atoms with Crippen LogP contribution in [0, 0.1) is 6.92 Å². The van der Waals surface area contributed by atoms with Crippen LogP contribution in [0.1, 0.15) is 15.9 Å². The Morgan fingerprint density at radius 1 is 1.31 bits per heavy atom. The van der Waals surface area contributed by atoms with Gasteiger partial charge in [-0.15, -0.1) is 0 Å². The molecule has 13 heavy (non-hydrogen) atoms. The van der Waals surface area contributed by atoms with E-state index < -0.39 is 0 Å². The maximum Gasteiger partial charge on any atom is 0.225 e. The van der Waals surface area contributed by atoms with Gasteiger partial charge in [0.05, 0.1) is 0 Å². The average molecular weight is 173 g/mol. The SMILES string of the molecule is Cc1ccc(C(=O)/C=C/[C]=O)cc1. The maximum absolute atomic E-state index is 11.2. The molecule has 1 aromatic rings. The molecule has 0 amide bonds. The van der Waals surface area contributed by atoms with Crippen LogP contribution in [0.3, 0.4) is 0 Å². The Kier molecular flexibility index (Phi) is 3.15. The Hall–Kier alpha value is -1.70. The number of carbonyl (C=O) groups excluding carboxylic acids is 2. The van der Waals surface area contributed by atoms with Crippen molar-refractivity contribution >= 4 is 12.1 Å². The minimum absolute atomic E-state index is 0.177. The highest BCUT2D eigenvalue weighted by molar-refractivity contribution is 6.05. The van der Waals surface area contributed by atoms with Crippen LogP contribution >= 0.6 is 0 Å². The predicted octanol–water partition coefficient (Wildman–Crippen LogP) is 1.84. The van der Waals surface area contributed by atoms with Crippen LogP contribution in [-0.4, -0.2) is 12.1 Å². The lowest BCUT2D eigenvalue weighted by Crippen LogP contribution is -1.93. The zero-order chi connectivity index (χ0) is 9.68. The minimum atomic E-state index is -0.177. The van der Waals surface area contributed by atoms with Crippen molar-refractivity contribution in [2.75, 3.05) is 0 Å². The van der Waals surface area contributed by atoms with Crippen molar-refractivity contribution in [3.63, 3.8) is 0 Å². The van der Waals surface area contributed by atoms with Gasteiger partial charge in [-0.1, -0.05) is 29.8 Å². The second kappa shape index (κ2) is 4.36. The molecule has 0 atom stereocenters. The zero-order valence-electron chi connectivity index (χ0n) is 7.28. The van der Waals surface area contributed by atoms with Crippen LogP contribution in [0.25, 0.3) is 0 Å². The molecular formula is C11H9O2. The Balaban J connectivity index is 2.83. The lowest BCUT2D eigenvalue weighted by Gasteiger charge is -1.95. The van der Waals surface area contributed by atoms with Gasteiger partial charge in [-0.2, -0.15) is 0 Å². The first-order chi connectivity index (χ1) is 6.24. The third kappa shape index (κ3) is 2.67. The smallest absolute Gasteiger partial charge is 0.225 e. The Labute approximate surface area is 76.9 Å². The predicted molar refractivity (Wildman–Crippen MR) is 50.3 cm³/mol. The largest absolute Gasteiger partial charge is 0.289 e. The van der Waals surface area contributed by atoms with Gasteiger partial charge in [0.1, 0.15) is 0 Å². The first-order valence-electron chi connectivity index (χ1n) is 3.89. The number of benzene rings is 1. The fourth-order valence-corrected chi connectivity index (χ4v) is 0.924. The topological polar surface area (TPSA) is 34.1 Å². The summed E-state index contributed by atoms with van der Waals surface area (Å²) >= 11 is 0. The molecular weight excluding hydrogens is 164 g/mol. The van der Waals surface area contributed by atoms with E-state index in [0.717, 1.165) is 11.6 Å². The molecule has 0 aliphatic carbocycles. The highest BCUT2D eigenvalue weighted by atomic mass is 16.1. The van der Waals surface area contributed by atoms with Gasteiger partial charge in [-0.25, -0.2) is 0 Å². The summed E-state index contributed by atoms with van der Waals surface area (Å²) in [6.07, 6.45) is 3.81. The van der Waals surface area contributed by atoms with Crippen LogP contribution < -0.4 is 0 Å². The van der Waals surface area contributed by atoms with Gasteiger partial charge in [0.2, 0.25) is 6.29 Å². The molecule has 2 heteroatoms. The normalized spacial score (nSPS) is 10.2. The van der Waals surface area contributed by atoms with Crippen molar-refractivity contribution in [1.82, 2.24) is 0 Å². The summed E-state index contributed by atoms with van der Waals surface area (Å²) in [6, 6.07) is 7.16. The van der Waals surface area contributed by atoms with Crippen LogP contribution in [-0.2, 0) is 4.79 Å². The summed E-state index contributed by atoms with van der Waals surface area (Å²) in [7, 11) is 0. The third-order valence-electron chi connectivity index (χ3n) is 1.64. The molecule has 0 heterocycles. The number of hydrogen-bond acceptors (Lipinski definition) is 2. The standard InChI is InChI=1S/C11H9O2/c1-9-4-6-10(7-5-9)11(13)3-2-8-12/h2-7H,1H3/b3-2+. The van der Waals surface area contributed by atoms with E-state index in [-0.39, 0.29) is 5.78 Å². The molecule has 0 aliphatic rings. The average Bonchev–Trinajstić information content (AvgIpc) is 2.15. The number of aryl methyl sites for hydroxylation is 1. The quantitative estimate of drug-likeness (QED) is 0.516. The van der Waals surface area contributed by atoms with Gasteiger partial charge in [0, 0.05) is 5.56 Å². The molecule has 0 saturated carbocycles. The minimum Gasteiger partial charge on any atom is -0.289 e. The highest BCUT2D eigenvalue weighted by Gasteiger charge is 1.99. The Morgan fingerprint density at radius 3 is 2.46 bits per heavy atom. The van der Waals surface area contributed by atoms with Crippen molar-refractivity contribution in [3.8, 4) is 0 Å². The molecule has 0 unspecified atom stereocenters. The number of allylic oxidation sites excluding steroid dienone is 2. The van der Waals surface area contributed by atoms with E-state index in [9.17, 15) is 9.59 Å². The molecule has 0 fully saturated rings. The van der Waals surface area contributed by atoms with E-state index in [2.05, 4.69) is 0 Å². The van der Waals surface area contributed by atoms with E-state index in [1.54, 1.807) is 12.1 Å². The van der Waals surface area contributed by atoms with Gasteiger partial charge < -0.3 is 0 Å². The van der Waals surface area contributed by atoms with Crippen LogP contribution in [0.15, 0.2) is 36.4 Å². The summed E-state index contributed by atoms with van der Waals surface area (Å²) in [4.78, 5) is 21.1. The molecule has 2 nitrogen and oxygen atoms in total. The van der Waals surface area contributed by atoms with Gasteiger partial charge in [0.15, 0.2) is 5.78 Å². The number of rotatable bonds is 3. The van der Waals surface area contributed by atoms with Crippen molar-refractivity contribution in [2.45, 2.75) is 6.92 Å². The third-order valence-corrected chi connectivity index (χ3v) is 1.64. The first kappa shape index (κ1) is 9.39. The number of carbonyl (C=O) groups is 1. The Morgan fingerprint density at radius 2 is 1.92 bits per heavy atom. The molecule has 1 radical (unpaired) electrons. The summed E-state index contributed by atoms with van der Waals surface area (Å²) < 4.78 is 0. The molecule has 0 aromatic heterocycles. The van der Waals surface area contributed by atoms with Crippen molar-refractivity contribution in [3.05, 3.63) is 47.5 Å². The second-order valence-corrected chi connectivity index (χ2v) is 2.68. The molecule has 0 N–H and O–H groups in total. The molecule has 0 spiro atoms. The number of ketones is 1. The molecule has 0 saturated heterocycles. The lowest BCUT2D eigenvalue weighted by molar-refractivity contribution is 0.104. The molecule has 65 valence electrons. The van der Waals surface area contributed by atoms with E-state index in [1.165, 1.54) is 12.4 Å². The van der Waals surface area contributed by atoms with Gasteiger partial charge in [0.25, 0.3) is 0 Å². The molecule has 1 rings (SSSR count). The Bertz CT molecular complexity index is 334. The second-order valence-electron chi connectivity index (χ2n) is 2.68.